The molecule has 1 rings (SSSR count). The molecule has 0 bridgehead atoms. The Kier molecular flexibility index (Phi) is 10.2. The quantitative estimate of drug-likeness (QED) is 0.196. The number of hydrogen-bond donors (Lipinski definition) is 7. The van der Waals surface area contributed by atoms with Gasteiger partial charge in [-0.05, 0) is 0 Å². The van der Waals surface area contributed by atoms with E-state index in [-0.39, 0.29) is 52.7 Å². The lowest BCUT2D eigenvalue weighted by atomic mass is 10.4. The van der Waals surface area contributed by atoms with Gasteiger partial charge in [-0.3, -0.25) is 20.2 Å². The van der Waals surface area contributed by atoms with Crippen LogP contribution in [-0.2, 0) is 0 Å². The van der Waals surface area contributed by atoms with Crippen LogP contribution in [0.5, 0.6) is 0 Å². The predicted molar refractivity (Wildman–Crippen MR) is 88.4 cm³/mol. The number of hydrogen-bond acceptors (Lipinski definition) is 8. The zero-order valence-corrected chi connectivity index (χ0v) is 13.7. The Hall–Kier alpha value is -1.50. The van der Waals surface area contributed by atoms with Crippen molar-refractivity contribution < 1.29 is 25.5 Å². The van der Waals surface area contributed by atoms with Crippen LogP contribution in [-0.4, -0.2) is 119 Å². The topological polar surface area (TPSA) is 156 Å². The van der Waals surface area contributed by atoms with Crippen molar-refractivity contribution in [2.45, 2.75) is 6.29 Å². The van der Waals surface area contributed by atoms with Crippen LogP contribution < -0.4 is 10.6 Å². The van der Waals surface area contributed by atoms with Crippen molar-refractivity contribution in [3.8, 4) is 0 Å². The Morgan fingerprint density at radius 2 is 1.50 bits per heavy atom. The Labute approximate surface area is 140 Å². The number of aliphatic hydroxyl groups excluding tert-OH is 5. The highest BCUT2D eigenvalue weighted by molar-refractivity contribution is 6.01. The fourth-order valence-electron chi connectivity index (χ4n) is 2.30. The zero-order valence-electron chi connectivity index (χ0n) is 13.7. The Balaban J connectivity index is 3.09. The third-order valence-corrected chi connectivity index (χ3v) is 3.26. The van der Waals surface area contributed by atoms with E-state index in [9.17, 15) is 15.3 Å². The van der Waals surface area contributed by atoms with Gasteiger partial charge in [-0.15, -0.1) is 0 Å². The largest absolute Gasteiger partial charge is 0.395 e. The zero-order chi connectivity index (χ0) is 17.8. The molecule has 7 N–H and O–H groups in total. The minimum absolute atomic E-state index is 0.106. The lowest BCUT2D eigenvalue weighted by Gasteiger charge is -2.45. The second-order valence-corrected chi connectivity index (χ2v) is 4.93. The summed E-state index contributed by atoms with van der Waals surface area (Å²) < 4.78 is 0. The van der Waals surface area contributed by atoms with Crippen LogP contribution in [0.4, 0.5) is 0 Å². The number of β-amino-alcohol motifs (C(OH)–C–C–N with tert-alkyl or cyclic N) is 1. The molecule has 0 aromatic heterocycles. The van der Waals surface area contributed by atoms with Crippen LogP contribution in [0, 0.1) is 0 Å². The molecule has 0 amide bonds. The molecule has 0 aliphatic carbocycles. The molecule has 1 saturated heterocycles. The smallest absolute Gasteiger partial charge is 0.203 e. The Morgan fingerprint density at radius 1 is 0.875 bits per heavy atom. The van der Waals surface area contributed by atoms with Gasteiger partial charge in [-0.1, -0.05) is 0 Å². The number of nitrogens with zero attached hydrogens (tertiary/aromatic N) is 4. The molecule has 11 nitrogen and oxygen atoms in total. The maximum absolute atomic E-state index is 9.35. The predicted octanol–water partition coefficient (Wildman–Crippen LogP) is -4.26. The van der Waals surface area contributed by atoms with Crippen molar-refractivity contribution in [2.75, 3.05) is 65.8 Å². The normalized spacial score (nSPS) is 21.4. The van der Waals surface area contributed by atoms with E-state index in [1.807, 2.05) is 0 Å². The molecule has 140 valence electrons. The summed E-state index contributed by atoms with van der Waals surface area (Å²) in [4.78, 5) is 11.9. The van der Waals surface area contributed by atoms with Gasteiger partial charge in [-0.2, -0.15) is 0 Å². The van der Waals surface area contributed by atoms with E-state index >= 15 is 0 Å². The molecule has 1 aliphatic heterocycles. The molecule has 0 saturated carbocycles. The van der Waals surface area contributed by atoms with Crippen molar-refractivity contribution in [1.29, 1.82) is 0 Å². The van der Waals surface area contributed by atoms with Crippen LogP contribution in [0.25, 0.3) is 0 Å². The summed E-state index contributed by atoms with van der Waals surface area (Å²) in [6, 6.07) is 0. The molecule has 1 heterocycles. The molecular formula is C13H28N6O5. The Morgan fingerprint density at radius 3 is 2.04 bits per heavy atom. The average molecular weight is 348 g/mol. The lowest BCUT2D eigenvalue weighted by molar-refractivity contribution is 0.0341. The number of nitrogens with one attached hydrogen (secondary N) is 2. The van der Waals surface area contributed by atoms with Gasteiger partial charge in [0.25, 0.3) is 0 Å². The van der Waals surface area contributed by atoms with Gasteiger partial charge in [0.05, 0.1) is 46.1 Å². The fourth-order valence-corrected chi connectivity index (χ4v) is 2.30. The van der Waals surface area contributed by atoms with Gasteiger partial charge in [0.15, 0.2) is 6.29 Å². The van der Waals surface area contributed by atoms with E-state index in [0.717, 1.165) is 0 Å². The summed E-state index contributed by atoms with van der Waals surface area (Å²) in [6.45, 7) is 0.605. The van der Waals surface area contributed by atoms with Crippen LogP contribution in [0.3, 0.4) is 0 Å². The number of guanidine groups is 2. The van der Waals surface area contributed by atoms with Gasteiger partial charge >= 0.3 is 0 Å². The molecule has 0 spiro atoms. The molecule has 24 heavy (non-hydrogen) atoms. The molecule has 1 aliphatic rings. The van der Waals surface area contributed by atoms with Crippen LogP contribution in [0.2, 0.25) is 0 Å². The summed E-state index contributed by atoms with van der Waals surface area (Å²) >= 11 is 0. The minimum atomic E-state index is -0.507. The van der Waals surface area contributed by atoms with Gasteiger partial charge in [0.1, 0.15) is 0 Å². The molecule has 1 atom stereocenters. The fraction of sp³-hybridized carbons (Fsp3) is 0.846. The summed E-state index contributed by atoms with van der Waals surface area (Å²) in [5, 5.41) is 51.9. The lowest BCUT2D eigenvalue weighted by Crippen LogP contribution is -2.70. The first-order chi connectivity index (χ1) is 11.7. The molecule has 0 aromatic rings. The maximum atomic E-state index is 9.35. The van der Waals surface area contributed by atoms with Crippen molar-refractivity contribution in [3.63, 3.8) is 0 Å². The first kappa shape index (κ1) is 20.5. The third-order valence-electron chi connectivity index (χ3n) is 3.26. The standard InChI is InChI=1S/C13H28N6O5/c20-6-1-14-11-16-12(15-2-7-21)19(5-10-24)13(17-11)18(3-8-22)4-9-23/h13,20-24H,1-10H2,(H2,14,15,16,17). The van der Waals surface area contributed by atoms with E-state index in [1.165, 1.54) is 0 Å². The first-order valence-corrected chi connectivity index (χ1v) is 7.89. The first-order valence-electron chi connectivity index (χ1n) is 7.89. The summed E-state index contributed by atoms with van der Waals surface area (Å²) in [7, 11) is 0. The van der Waals surface area contributed by atoms with Crippen LogP contribution >= 0.6 is 0 Å². The van der Waals surface area contributed by atoms with Crippen molar-refractivity contribution in [2.24, 2.45) is 9.98 Å². The number of aliphatic imine (C=N–C) groups is 2. The second-order valence-electron chi connectivity index (χ2n) is 4.93. The molecule has 1 unspecified atom stereocenters. The summed E-state index contributed by atoms with van der Waals surface area (Å²) in [5.74, 6) is 0.778. The highest BCUT2D eigenvalue weighted by Crippen LogP contribution is 2.08. The van der Waals surface area contributed by atoms with Crippen molar-refractivity contribution in [1.82, 2.24) is 20.4 Å². The van der Waals surface area contributed by atoms with E-state index < -0.39 is 6.29 Å². The van der Waals surface area contributed by atoms with Gasteiger partial charge in [0.2, 0.25) is 11.9 Å². The van der Waals surface area contributed by atoms with E-state index in [1.54, 1.807) is 9.80 Å². The third kappa shape index (κ3) is 6.19. The average Bonchev–Trinajstić information content (AvgIpc) is 2.59. The SMILES string of the molecule is OCCN=C1NC(=NCCO)N(CCO)C(N(CCO)CCO)N1. The highest BCUT2D eigenvalue weighted by Gasteiger charge is 2.32. The minimum Gasteiger partial charge on any atom is -0.395 e. The second kappa shape index (κ2) is 11.9. The Bertz CT molecular complexity index is 402. The van der Waals surface area contributed by atoms with Crippen LogP contribution in [0.1, 0.15) is 0 Å². The molecule has 11 heteroatoms. The monoisotopic (exact) mass is 348 g/mol. The summed E-state index contributed by atoms with van der Waals surface area (Å²) in [6.07, 6.45) is -0.507. The molecule has 0 radical (unpaired) electrons. The highest BCUT2D eigenvalue weighted by atomic mass is 16.3. The number of aliphatic hydroxyl groups is 5. The van der Waals surface area contributed by atoms with Crippen molar-refractivity contribution in [3.05, 3.63) is 0 Å². The van der Waals surface area contributed by atoms with Crippen LogP contribution in [0.15, 0.2) is 9.98 Å². The van der Waals surface area contributed by atoms with Gasteiger partial charge < -0.3 is 35.7 Å². The van der Waals surface area contributed by atoms with E-state index in [0.29, 0.717) is 25.0 Å². The maximum Gasteiger partial charge on any atom is 0.203 e. The molecular weight excluding hydrogens is 320 g/mol. The van der Waals surface area contributed by atoms with E-state index in [4.69, 9.17) is 10.2 Å². The molecule has 0 aromatic carbocycles. The summed E-state index contributed by atoms with van der Waals surface area (Å²) in [5.41, 5.74) is 0. The van der Waals surface area contributed by atoms with Crippen molar-refractivity contribution >= 4 is 11.9 Å². The number of rotatable bonds is 11. The van der Waals surface area contributed by atoms with Gasteiger partial charge in [-0.25, -0.2) is 0 Å². The van der Waals surface area contributed by atoms with Gasteiger partial charge in [0, 0.05) is 19.6 Å². The van der Waals surface area contributed by atoms with E-state index in [2.05, 4.69) is 20.6 Å². The molecule has 1 fully saturated rings.